The number of alkyl halides is 1. The van der Waals surface area contributed by atoms with Gasteiger partial charge >= 0.3 is 0 Å². The molecule has 0 aliphatic heterocycles. The Morgan fingerprint density at radius 3 is 2.55 bits per heavy atom. The number of rotatable bonds is 4. The lowest BCUT2D eigenvalue weighted by molar-refractivity contribution is -0.385. The second-order valence-electron chi connectivity index (χ2n) is 3.83. The number of halogens is 3. The Hall–Kier alpha value is -0.920. The Labute approximate surface area is 140 Å². The van der Waals surface area contributed by atoms with Crippen molar-refractivity contribution >= 4 is 53.5 Å². The first-order valence-corrected chi connectivity index (χ1v) is 8.19. The number of benzene rings is 2. The van der Waals surface area contributed by atoms with Crippen LogP contribution in [0, 0.1) is 10.1 Å². The smallest absolute Gasteiger partial charge is 0.287 e. The van der Waals surface area contributed by atoms with Crippen LogP contribution in [0.3, 0.4) is 0 Å². The standard InChI is InChI=1S/C13H8Br3NO3/c14-7-8-4-5-9(15)6-12(8)20-11-3-1-2-10(13(11)16)17(18)19/h1-6H,7H2. The van der Waals surface area contributed by atoms with Gasteiger partial charge in [-0.25, -0.2) is 0 Å². The lowest BCUT2D eigenvalue weighted by Crippen LogP contribution is -1.94. The molecule has 0 heterocycles. The number of hydrogen-bond acceptors (Lipinski definition) is 3. The first-order valence-electron chi connectivity index (χ1n) is 5.48. The lowest BCUT2D eigenvalue weighted by Gasteiger charge is -2.11. The van der Waals surface area contributed by atoms with Gasteiger partial charge in [0, 0.05) is 21.4 Å². The molecule has 0 unspecified atom stereocenters. The average molecular weight is 466 g/mol. The quantitative estimate of drug-likeness (QED) is 0.325. The van der Waals surface area contributed by atoms with Gasteiger partial charge in [0.25, 0.3) is 5.69 Å². The Balaban J connectivity index is 2.42. The van der Waals surface area contributed by atoms with Crippen LogP contribution in [0.1, 0.15) is 5.56 Å². The zero-order chi connectivity index (χ0) is 14.7. The number of nitro benzene ring substituents is 1. The van der Waals surface area contributed by atoms with Gasteiger partial charge in [-0.2, -0.15) is 0 Å². The maximum absolute atomic E-state index is 10.9. The van der Waals surface area contributed by atoms with Gasteiger partial charge in [0.15, 0.2) is 0 Å². The summed E-state index contributed by atoms with van der Waals surface area (Å²) in [4.78, 5) is 10.5. The van der Waals surface area contributed by atoms with Gasteiger partial charge < -0.3 is 4.74 Å². The predicted molar refractivity (Wildman–Crippen MR) is 87.6 cm³/mol. The maximum atomic E-state index is 10.9. The molecule has 104 valence electrons. The first-order chi connectivity index (χ1) is 9.52. The molecule has 0 atom stereocenters. The highest BCUT2D eigenvalue weighted by atomic mass is 79.9. The van der Waals surface area contributed by atoms with Crippen molar-refractivity contribution in [3.63, 3.8) is 0 Å². The molecule has 0 amide bonds. The number of nitro groups is 1. The van der Waals surface area contributed by atoms with Gasteiger partial charge in [-0.15, -0.1) is 0 Å². The van der Waals surface area contributed by atoms with Crippen LogP contribution in [0.4, 0.5) is 5.69 Å². The van der Waals surface area contributed by atoms with Crippen molar-refractivity contribution in [2.45, 2.75) is 5.33 Å². The Morgan fingerprint density at radius 1 is 1.15 bits per heavy atom. The molecule has 0 saturated carbocycles. The minimum absolute atomic E-state index is 0.0297. The van der Waals surface area contributed by atoms with Crippen molar-refractivity contribution in [1.29, 1.82) is 0 Å². The summed E-state index contributed by atoms with van der Waals surface area (Å²) in [6.07, 6.45) is 0. The molecule has 0 aliphatic carbocycles. The summed E-state index contributed by atoms with van der Waals surface area (Å²) in [6, 6.07) is 10.3. The van der Waals surface area contributed by atoms with Crippen LogP contribution >= 0.6 is 47.8 Å². The third-order valence-corrected chi connectivity index (χ3v) is 4.43. The highest BCUT2D eigenvalue weighted by Gasteiger charge is 2.17. The fraction of sp³-hybridized carbons (Fsp3) is 0.0769. The van der Waals surface area contributed by atoms with E-state index in [0.29, 0.717) is 21.3 Å². The number of nitrogens with zero attached hydrogens (tertiary/aromatic N) is 1. The first kappa shape index (κ1) is 15.5. The molecular weight excluding hydrogens is 458 g/mol. The van der Waals surface area contributed by atoms with Crippen LogP contribution in [-0.2, 0) is 5.33 Å². The molecule has 0 aliphatic rings. The number of hydrogen-bond donors (Lipinski definition) is 0. The topological polar surface area (TPSA) is 52.4 Å². The molecule has 0 aromatic heterocycles. The molecule has 0 spiro atoms. The highest BCUT2D eigenvalue weighted by molar-refractivity contribution is 9.11. The van der Waals surface area contributed by atoms with Gasteiger partial charge in [0.2, 0.25) is 0 Å². The van der Waals surface area contributed by atoms with Crippen molar-refractivity contribution in [3.8, 4) is 11.5 Å². The zero-order valence-electron chi connectivity index (χ0n) is 9.98. The van der Waals surface area contributed by atoms with Crippen molar-refractivity contribution < 1.29 is 9.66 Å². The molecule has 2 rings (SSSR count). The van der Waals surface area contributed by atoms with Crippen LogP contribution in [-0.4, -0.2) is 4.92 Å². The van der Waals surface area contributed by atoms with E-state index in [9.17, 15) is 10.1 Å². The van der Waals surface area contributed by atoms with Gasteiger partial charge in [0.05, 0.1) is 4.92 Å². The molecule has 0 radical (unpaired) electrons. The zero-order valence-corrected chi connectivity index (χ0v) is 14.7. The van der Waals surface area contributed by atoms with Gasteiger partial charge in [0.1, 0.15) is 16.0 Å². The van der Waals surface area contributed by atoms with E-state index in [-0.39, 0.29) is 5.69 Å². The summed E-state index contributed by atoms with van der Waals surface area (Å²) in [7, 11) is 0. The van der Waals surface area contributed by atoms with Crippen LogP contribution < -0.4 is 4.74 Å². The summed E-state index contributed by atoms with van der Waals surface area (Å²) in [5, 5.41) is 11.5. The highest BCUT2D eigenvalue weighted by Crippen LogP contribution is 2.38. The minimum Gasteiger partial charge on any atom is -0.456 e. The molecule has 0 bridgehead atoms. The molecule has 0 saturated heterocycles. The Bertz CT molecular complexity index is 661. The minimum atomic E-state index is -0.455. The fourth-order valence-electron chi connectivity index (χ4n) is 1.57. The van der Waals surface area contributed by atoms with E-state index < -0.39 is 4.92 Å². The van der Waals surface area contributed by atoms with Crippen LogP contribution in [0.15, 0.2) is 45.3 Å². The van der Waals surface area contributed by atoms with E-state index in [1.54, 1.807) is 12.1 Å². The molecule has 20 heavy (non-hydrogen) atoms. The molecule has 4 nitrogen and oxygen atoms in total. The Kier molecular flexibility index (Phi) is 5.17. The monoisotopic (exact) mass is 463 g/mol. The summed E-state index contributed by atoms with van der Waals surface area (Å²) < 4.78 is 6.99. The number of ether oxygens (including phenoxy) is 1. The molecule has 0 N–H and O–H groups in total. The van der Waals surface area contributed by atoms with Crippen LogP contribution in [0.5, 0.6) is 11.5 Å². The maximum Gasteiger partial charge on any atom is 0.287 e. The van der Waals surface area contributed by atoms with Gasteiger partial charge in [-0.3, -0.25) is 10.1 Å². The SMILES string of the molecule is O=[N+]([O-])c1cccc(Oc2cc(Br)ccc2CBr)c1Br. The third kappa shape index (κ3) is 3.39. The van der Waals surface area contributed by atoms with Gasteiger partial charge in [-0.05, 0) is 34.1 Å². The van der Waals surface area contributed by atoms with Crippen molar-refractivity contribution in [3.05, 3.63) is 61.0 Å². The van der Waals surface area contributed by atoms with E-state index in [4.69, 9.17) is 4.74 Å². The predicted octanol–water partition coefficient (Wildman–Crippen LogP) is 5.81. The second-order valence-corrected chi connectivity index (χ2v) is 6.10. The average Bonchev–Trinajstić information content (AvgIpc) is 2.41. The van der Waals surface area contributed by atoms with Crippen LogP contribution in [0.25, 0.3) is 0 Å². The van der Waals surface area contributed by atoms with Gasteiger partial charge in [-0.1, -0.05) is 44.0 Å². The summed E-state index contributed by atoms with van der Waals surface area (Å²) in [5.41, 5.74) is 0.921. The normalized spacial score (nSPS) is 10.3. The van der Waals surface area contributed by atoms with Crippen molar-refractivity contribution in [1.82, 2.24) is 0 Å². The molecule has 7 heteroatoms. The van der Waals surface area contributed by atoms with E-state index in [0.717, 1.165) is 10.0 Å². The summed E-state index contributed by atoms with van der Waals surface area (Å²) in [6.45, 7) is 0. The third-order valence-electron chi connectivity index (χ3n) is 2.53. The molecule has 2 aromatic carbocycles. The molecule has 2 aromatic rings. The molecule has 0 fully saturated rings. The Morgan fingerprint density at radius 2 is 1.90 bits per heavy atom. The summed E-state index contributed by atoms with van der Waals surface area (Å²) >= 11 is 9.98. The van der Waals surface area contributed by atoms with Crippen LogP contribution in [0.2, 0.25) is 0 Å². The van der Waals surface area contributed by atoms with Crippen molar-refractivity contribution in [2.75, 3.05) is 0 Å². The second kappa shape index (κ2) is 6.69. The van der Waals surface area contributed by atoms with E-state index in [2.05, 4.69) is 47.8 Å². The summed E-state index contributed by atoms with van der Waals surface area (Å²) in [5.74, 6) is 1.04. The van der Waals surface area contributed by atoms with Crippen molar-refractivity contribution in [2.24, 2.45) is 0 Å². The largest absolute Gasteiger partial charge is 0.456 e. The van der Waals surface area contributed by atoms with E-state index >= 15 is 0 Å². The molecular formula is C13H8Br3NO3. The van der Waals surface area contributed by atoms with E-state index in [1.165, 1.54) is 6.07 Å². The van der Waals surface area contributed by atoms with E-state index in [1.807, 2.05) is 18.2 Å². The fourth-order valence-corrected chi connectivity index (χ4v) is 2.86. The lowest BCUT2D eigenvalue weighted by atomic mass is 10.2.